The van der Waals surface area contributed by atoms with Gasteiger partial charge in [-0.3, -0.25) is 0 Å². The molecule has 1 aliphatic heterocycles. The molecule has 0 bridgehead atoms. The summed E-state index contributed by atoms with van der Waals surface area (Å²) in [4.78, 5) is 4.43. The van der Waals surface area contributed by atoms with Crippen LogP contribution in [-0.2, 0) is 10.0 Å². The zero-order chi connectivity index (χ0) is 17.3. The van der Waals surface area contributed by atoms with Gasteiger partial charge in [0.05, 0.1) is 18.0 Å². The number of hydrogen-bond donors (Lipinski definition) is 0. The fourth-order valence-electron chi connectivity index (χ4n) is 2.97. The maximum Gasteiger partial charge on any atom is 0.243 e. The first kappa shape index (κ1) is 17.2. The molecule has 1 fully saturated rings. The molecule has 24 heavy (non-hydrogen) atoms. The summed E-state index contributed by atoms with van der Waals surface area (Å²) in [5, 5.41) is 0.271. The lowest BCUT2D eigenvalue weighted by molar-refractivity contribution is 0.388. The van der Waals surface area contributed by atoms with E-state index in [0.717, 1.165) is 24.0 Å². The van der Waals surface area contributed by atoms with Crippen LogP contribution in [-0.4, -0.2) is 31.4 Å². The average Bonchev–Trinajstić information content (AvgIpc) is 3.06. The molecule has 5 nitrogen and oxygen atoms in total. The summed E-state index contributed by atoms with van der Waals surface area (Å²) in [5.41, 5.74) is 1.82. The number of benzene rings is 1. The first-order valence-corrected chi connectivity index (χ1v) is 9.53. The van der Waals surface area contributed by atoms with Crippen molar-refractivity contribution in [3.8, 4) is 5.75 Å². The monoisotopic (exact) mass is 366 g/mol. The minimum absolute atomic E-state index is 0.255. The molecule has 2 aromatic rings. The minimum atomic E-state index is -3.55. The van der Waals surface area contributed by atoms with Gasteiger partial charge in [-0.2, -0.15) is 4.31 Å². The number of nitrogens with zero attached hydrogens (tertiary/aromatic N) is 2. The van der Waals surface area contributed by atoms with Crippen LogP contribution < -0.4 is 4.74 Å². The number of aromatic nitrogens is 1. The quantitative estimate of drug-likeness (QED) is 0.776. The molecule has 1 aromatic carbocycles. The highest BCUT2D eigenvalue weighted by molar-refractivity contribution is 7.89. The Bertz CT molecular complexity index is 837. The van der Waals surface area contributed by atoms with Crippen LogP contribution >= 0.6 is 11.6 Å². The molecule has 2 heterocycles. The molecular weight excluding hydrogens is 348 g/mol. The molecule has 0 spiro atoms. The predicted molar refractivity (Wildman–Crippen MR) is 92.8 cm³/mol. The van der Waals surface area contributed by atoms with Gasteiger partial charge in [0.2, 0.25) is 10.0 Å². The Balaban J connectivity index is 1.97. The van der Waals surface area contributed by atoms with Gasteiger partial charge < -0.3 is 4.74 Å². The Morgan fingerprint density at radius 3 is 2.67 bits per heavy atom. The lowest BCUT2D eigenvalue weighted by Gasteiger charge is -2.24. The van der Waals surface area contributed by atoms with Crippen LogP contribution in [0.5, 0.6) is 5.75 Å². The van der Waals surface area contributed by atoms with Gasteiger partial charge in [0, 0.05) is 12.7 Å². The fraction of sp³-hybridized carbons (Fsp3) is 0.353. The number of aryl methyl sites for hydroxylation is 1. The van der Waals surface area contributed by atoms with Crippen LogP contribution in [0.25, 0.3) is 0 Å². The number of methoxy groups -OCH3 is 1. The lowest BCUT2D eigenvalue weighted by atomic mass is 10.1. The second-order valence-electron chi connectivity index (χ2n) is 5.85. The van der Waals surface area contributed by atoms with Crippen molar-refractivity contribution in [2.24, 2.45) is 0 Å². The van der Waals surface area contributed by atoms with E-state index in [1.807, 2.05) is 19.1 Å². The van der Waals surface area contributed by atoms with Crippen molar-refractivity contribution in [3.63, 3.8) is 0 Å². The maximum atomic E-state index is 13.0. The number of halogens is 1. The van der Waals surface area contributed by atoms with Crippen LogP contribution in [0, 0.1) is 6.92 Å². The molecule has 0 aliphatic carbocycles. The van der Waals surface area contributed by atoms with Gasteiger partial charge in [-0.1, -0.05) is 29.3 Å². The standard InChI is InChI=1S/C17H19ClN2O3S/c1-12-5-7-14(8-6-12)24(21,22)20-9-3-4-15(20)13-10-16(23-2)17(18)19-11-13/h5-8,10-11,15H,3-4,9H2,1-2H3. The lowest BCUT2D eigenvalue weighted by Crippen LogP contribution is -2.30. The van der Waals surface area contributed by atoms with Gasteiger partial charge in [0.1, 0.15) is 0 Å². The van der Waals surface area contributed by atoms with Crippen molar-refractivity contribution >= 4 is 21.6 Å². The summed E-state index contributed by atoms with van der Waals surface area (Å²) in [6.07, 6.45) is 3.18. The third-order valence-corrected chi connectivity index (χ3v) is 6.47. The van der Waals surface area contributed by atoms with Crippen LogP contribution in [0.3, 0.4) is 0 Å². The molecule has 1 atom stereocenters. The largest absolute Gasteiger partial charge is 0.494 e. The van der Waals surface area contributed by atoms with E-state index in [1.54, 1.807) is 28.7 Å². The van der Waals surface area contributed by atoms with E-state index in [4.69, 9.17) is 16.3 Å². The molecular formula is C17H19ClN2O3S. The highest BCUT2D eigenvalue weighted by Crippen LogP contribution is 2.38. The summed E-state index contributed by atoms with van der Waals surface area (Å²) < 4.78 is 32.7. The molecule has 1 unspecified atom stereocenters. The van der Waals surface area contributed by atoms with E-state index in [2.05, 4.69) is 4.98 Å². The topological polar surface area (TPSA) is 59.5 Å². The molecule has 7 heteroatoms. The van der Waals surface area contributed by atoms with Crippen LogP contribution in [0.4, 0.5) is 0 Å². The molecule has 128 valence electrons. The molecule has 3 rings (SSSR count). The maximum absolute atomic E-state index is 13.0. The summed E-state index contributed by atoms with van der Waals surface area (Å²) >= 11 is 5.97. The number of ether oxygens (including phenoxy) is 1. The molecule has 1 aromatic heterocycles. The van der Waals surface area contributed by atoms with Gasteiger partial charge in [-0.15, -0.1) is 0 Å². The SMILES string of the molecule is COc1cc(C2CCCN2S(=O)(=O)c2ccc(C)cc2)cnc1Cl. The third kappa shape index (κ3) is 3.14. The molecule has 0 amide bonds. The van der Waals surface area contributed by atoms with E-state index >= 15 is 0 Å². The normalized spacial score (nSPS) is 18.7. The Morgan fingerprint density at radius 2 is 2.00 bits per heavy atom. The average molecular weight is 367 g/mol. The summed E-state index contributed by atoms with van der Waals surface area (Å²) in [5.74, 6) is 0.453. The molecule has 0 radical (unpaired) electrons. The second-order valence-corrected chi connectivity index (χ2v) is 8.10. The molecule has 1 saturated heterocycles. The number of sulfonamides is 1. The number of pyridine rings is 1. The van der Waals surface area contributed by atoms with Gasteiger partial charge >= 0.3 is 0 Å². The van der Waals surface area contributed by atoms with Crippen molar-refractivity contribution in [2.75, 3.05) is 13.7 Å². The Labute approximate surface area is 147 Å². The zero-order valence-corrected chi connectivity index (χ0v) is 15.1. The second kappa shape index (κ2) is 6.70. The van der Waals surface area contributed by atoms with Crippen molar-refractivity contribution in [2.45, 2.75) is 30.7 Å². The van der Waals surface area contributed by atoms with Crippen LogP contribution in [0.2, 0.25) is 5.15 Å². The van der Waals surface area contributed by atoms with Crippen molar-refractivity contribution in [1.82, 2.24) is 9.29 Å². The van der Waals surface area contributed by atoms with E-state index in [-0.39, 0.29) is 11.2 Å². The molecule has 0 saturated carbocycles. The number of hydrogen-bond acceptors (Lipinski definition) is 4. The molecule has 0 N–H and O–H groups in total. The first-order chi connectivity index (χ1) is 11.4. The van der Waals surface area contributed by atoms with Gasteiger partial charge in [-0.05, 0) is 43.5 Å². The Kier molecular flexibility index (Phi) is 4.80. The van der Waals surface area contributed by atoms with E-state index < -0.39 is 10.0 Å². The van der Waals surface area contributed by atoms with E-state index in [0.29, 0.717) is 17.2 Å². The highest BCUT2D eigenvalue weighted by Gasteiger charge is 2.36. The zero-order valence-electron chi connectivity index (χ0n) is 13.6. The van der Waals surface area contributed by atoms with Crippen molar-refractivity contribution in [1.29, 1.82) is 0 Å². The summed E-state index contributed by atoms with van der Waals surface area (Å²) in [6.45, 7) is 2.42. The third-order valence-electron chi connectivity index (χ3n) is 4.26. The van der Waals surface area contributed by atoms with Gasteiger partial charge in [0.15, 0.2) is 10.9 Å². The van der Waals surface area contributed by atoms with Gasteiger partial charge in [-0.25, -0.2) is 13.4 Å². The Hall–Kier alpha value is -1.63. The summed E-state index contributed by atoms with van der Waals surface area (Å²) in [7, 11) is -2.03. The van der Waals surface area contributed by atoms with Crippen molar-refractivity contribution < 1.29 is 13.2 Å². The highest BCUT2D eigenvalue weighted by atomic mass is 35.5. The fourth-order valence-corrected chi connectivity index (χ4v) is 4.84. The van der Waals surface area contributed by atoms with Crippen LogP contribution in [0.1, 0.15) is 30.0 Å². The predicted octanol–water partition coefficient (Wildman–Crippen LogP) is 3.58. The smallest absolute Gasteiger partial charge is 0.243 e. The summed E-state index contributed by atoms with van der Waals surface area (Å²) in [6, 6.07) is 8.44. The first-order valence-electron chi connectivity index (χ1n) is 7.71. The van der Waals surface area contributed by atoms with Crippen LogP contribution in [0.15, 0.2) is 41.4 Å². The molecule has 1 aliphatic rings. The number of rotatable bonds is 4. The minimum Gasteiger partial charge on any atom is -0.494 e. The Morgan fingerprint density at radius 1 is 1.29 bits per heavy atom. The van der Waals surface area contributed by atoms with Crippen molar-refractivity contribution in [3.05, 3.63) is 52.8 Å². The van der Waals surface area contributed by atoms with Gasteiger partial charge in [0.25, 0.3) is 0 Å². The van der Waals surface area contributed by atoms with E-state index in [1.165, 1.54) is 7.11 Å². The van der Waals surface area contributed by atoms with E-state index in [9.17, 15) is 8.42 Å².